The van der Waals surface area contributed by atoms with Gasteiger partial charge in [0.25, 0.3) is 0 Å². The van der Waals surface area contributed by atoms with Gasteiger partial charge in [-0.1, -0.05) is 35.9 Å². The Bertz CT molecular complexity index is 446. The van der Waals surface area contributed by atoms with E-state index in [0.717, 1.165) is 16.7 Å². The van der Waals surface area contributed by atoms with Gasteiger partial charge in [-0.25, -0.2) is 0 Å². The highest BCUT2D eigenvalue weighted by atomic mass is 14.7. The topological polar surface area (TPSA) is 38.9 Å². The first-order chi connectivity index (χ1) is 7.66. The van der Waals surface area contributed by atoms with Crippen LogP contribution in [0.4, 0.5) is 0 Å². The summed E-state index contributed by atoms with van der Waals surface area (Å²) in [5.74, 6) is 0. The summed E-state index contributed by atoms with van der Waals surface area (Å²) in [6, 6.07) is 10.3. The molecular formula is C14H16N2. The van der Waals surface area contributed by atoms with Crippen LogP contribution in [0.1, 0.15) is 28.3 Å². The van der Waals surface area contributed by atoms with E-state index < -0.39 is 0 Å². The summed E-state index contributed by atoms with van der Waals surface area (Å²) < 4.78 is 0. The molecule has 2 aromatic rings. The van der Waals surface area contributed by atoms with Crippen LogP contribution in [-0.4, -0.2) is 4.98 Å². The second kappa shape index (κ2) is 4.45. The summed E-state index contributed by atoms with van der Waals surface area (Å²) >= 11 is 0. The summed E-state index contributed by atoms with van der Waals surface area (Å²) in [4.78, 5) is 4.17. The molecule has 16 heavy (non-hydrogen) atoms. The largest absolute Gasteiger partial charge is 0.320 e. The molecule has 2 rings (SSSR count). The van der Waals surface area contributed by atoms with E-state index in [4.69, 9.17) is 5.73 Å². The maximum absolute atomic E-state index is 6.21. The highest BCUT2D eigenvalue weighted by Gasteiger charge is 2.09. The first-order valence-corrected chi connectivity index (χ1v) is 5.40. The molecule has 0 amide bonds. The van der Waals surface area contributed by atoms with Crippen LogP contribution >= 0.6 is 0 Å². The molecule has 0 aliphatic heterocycles. The lowest BCUT2D eigenvalue weighted by molar-refractivity contribution is 0.859. The maximum atomic E-state index is 6.21. The van der Waals surface area contributed by atoms with Crippen LogP contribution in [-0.2, 0) is 0 Å². The van der Waals surface area contributed by atoms with Crippen molar-refractivity contribution >= 4 is 0 Å². The van der Waals surface area contributed by atoms with Crippen molar-refractivity contribution in [2.75, 3.05) is 0 Å². The SMILES string of the molecule is Cc1cccc(C(N)c2cncc(C)c2)c1. The van der Waals surface area contributed by atoms with Crippen LogP contribution in [0, 0.1) is 13.8 Å². The number of hydrogen-bond acceptors (Lipinski definition) is 2. The maximum Gasteiger partial charge on any atom is 0.0567 e. The number of aromatic nitrogens is 1. The third-order valence-corrected chi connectivity index (χ3v) is 2.66. The van der Waals surface area contributed by atoms with E-state index in [9.17, 15) is 0 Å². The van der Waals surface area contributed by atoms with E-state index in [1.165, 1.54) is 5.56 Å². The van der Waals surface area contributed by atoms with Crippen molar-refractivity contribution in [1.29, 1.82) is 0 Å². The summed E-state index contributed by atoms with van der Waals surface area (Å²) in [5.41, 5.74) is 10.8. The summed E-state index contributed by atoms with van der Waals surface area (Å²) in [7, 11) is 0. The Kier molecular flexibility index (Phi) is 3.02. The van der Waals surface area contributed by atoms with Crippen molar-refractivity contribution in [3.05, 3.63) is 65.0 Å². The third kappa shape index (κ3) is 2.28. The monoisotopic (exact) mass is 212 g/mol. The van der Waals surface area contributed by atoms with Crippen molar-refractivity contribution in [2.45, 2.75) is 19.9 Å². The van der Waals surface area contributed by atoms with Crippen molar-refractivity contribution in [3.8, 4) is 0 Å². The molecule has 1 aromatic heterocycles. The fraction of sp³-hybridized carbons (Fsp3) is 0.214. The highest BCUT2D eigenvalue weighted by molar-refractivity contribution is 5.33. The fourth-order valence-corrected chi connectivity index (χ4v) is 1.80. The Labute approximate surface area is 96.1 Å². The lowest BCUT2D eigenvalue weighted by Crippen LogP contribution is -2.12. The predicted octanol–water partition coefficient (Wildman–Crippen LogP) is 2.75. The zero-order valence-electron chi connectivity index (χ0n) is 9.64. The van der Waals surface area contributed by atoms with E-state index in [0.29, 0.717) is 0 Å². The molecule has 2 heteroatoms. The molecule has 0 saturated heterocycles. The number of aryl methyl sites for hydroxylation is 2. The number of benzene rings is 1. The summed E-state index contributed by atoms with van der Waals surface area (Å²) in [5, 5.41) is 0. The number of nitrogens with zero attached hydrogens (tertiary/aromatic N) is 1. The van der Waals surface area contributed by atoms with Gasteiger partial charge in [0.2, 0.25) is 0 Å². The Balaban J connectivity index is 2.35. The van der Waals surface area contributed by atoms with E-state index in [1.54, 1.807) is 0 Å². The van der Waals surface area contributed by atoms with Gasteiger partial charge < -0.3 is 5.73 Å². The molecule has 0 spiro atoms. The second-order valence-corrected chi connectivity index (χ2v) is 4.19. The lowest BCUT2D eigenvalue weighted by atomic mass is 9.99. The van der Waals surface area contributed by atoms with Crippen LogP contribution in [0.5, 0.6) is 0 Å². The minimum atomic E-state index is -0.0905. The molecule has 0 radical (unpaired) electrons. The molecule has 0 fully saturated rings. The molecule has 82 valence electrons. The normalized spacial score (nSPS) is 12.4. The molecule has 0 aliphatic carbocycles. The Hall–Kier alpha value is -1.67. The van der Waals surface area contributed by atoms with Crippen molar-refractivity contribution in [2.24, 2.45) is 5.73 Å². The van der Waals surface area contributed by atoms with Crippen LogP contribution in [0.15, 0.2) is 42.7 Å². The molecule has 1 heterocycles. The van der Waals surface area contributed by atoms with Crippen molar-refractivity contribution < 1.29 is 0 Å². The number of pyridine rings is 1. The highest BCUT2D eigenvalue weighted by Crippen LogP contribution is 2.20. The number of hydrogen-bond donors (Lipinski definition) is 1. The Morgan fingerprint density at radius 2 is 1.75 bits per heavy atom. The van der Waals surface area contributed by atoms with Gasteiger partial charge in [-0.3, -0.25) is 4.98 Å². The molecule has 2 N–H and O–H groups in total. The molecule has 2 nitrogen and oxygen atoms in total. The van der Waals surface area contributed by atoms with Crippen molar-refractivity contribution in [3.63, 3.8) is 0 Å². The molecule has 0 saturated carbocycles. The van der Waals surface area contributed by atoms with Gasteiger partial charge in [-0.05, 0) is 30.5 Å². The van der Waals surface area contributed by atoms with Crippen LogP contribution in [0.2, 0.25) is 0 Å². The van der Waals surface area contributed by atoms with Gasteiger partial charge in [-0.15, -0.1) is 0 Å². The van der Waals surface area contributed by atoms with Crippen LogP contribution < -0.4 is 5.73 Å². The van der Waals surface area contributed by atoms with Gasteiger partial charge >= 0.3 is 0 Å². The van der Waals surface area contributed by atoms with Gasteiger partial charge in [0.1, 0.15) is 0 Å². The number of rotatable bonds is 2. The van der Waals surface area contributed by atoms with Gasteiger partial charge in [0, 0.05) is 12.4 Å². The lowest BCUT2D eigenvalue weighted by Gasteiger charge is -2.13. The molecule has 1 aromatic carbocycles. The zero-order valence-corrected chi connectivity index (χ0v) is 9.64. The first-order valence-electron chi connectivity index (χ1n) is 5.40. The van der Waals surface area contributed by atoms with E-state index in [-0.39, 0.29) is 6.04 Å². The average molecular weight is 212 g/mol. The minimum absolute atomic E-state index is 0.0905. The summed E-state index contributed by atoms with van der Waals surface area (Å²) in [6.45, 7) is 4.10. The molecule has 0 bridgehead atoms. The average Bonchev–Trinajstić information content (AvgIpc) is 2.28. The smallest absolute Gasteiger partial charge is 0.0567 e. The van der Waals surface area contributed by atoms with Gasteiger partial charge in [0.05, 0.1) is 6.04 Å². The second-order valence-electron chi connectivity index (χ2n) is 4.19. The molecule has 0 aliphatic rings. The van der Waals surface area contributed by atoms with Crippen molar-refractivity contribution in [1.82, 2.24) is 4.98 Å². The Morgan fingerprint density at radius 3 is 2.44 bits per heavy atom. The van der Waals surface area contributed by atoms with Crippen LogP contribution in [0.25, 0.3) is 0 Å². The van der Waals surface area contributed by atoms with E-state index >= 15 is 0 Å². The fourth-order valence-electron chi connectivity index (χ4n) is 1.80. The minimum Gasteiger partial charge on any atom is -0.320 e. The molecular weight excluding hydrogens is 196 g/mol. The zero-order chi connectivity index (χ0) is 11.5. The van der Waals surface area contributed by atoms with E-state index in [2.05, 4.69) is 36.2 Å². The first kappa shape index (κ1) is 10.8. The van der Waals surface area contributed by atoms with E-state index in [1.807, 2.05) is 25.4 Å². The Morgan fingerprint density at radius 1 is 1.00 bits per heavy atom. The number of nitrogens with two attached hydrogens (primary N) is 1. The summed E-state index contributed by atoms with van der Waals surface area (Å²) in [6.07, 6.45) is 3.67. The van der Waals surface area contributed by atoms with Crippen LogP contribution in [0.3, 0.4) is 0 Å². The quantitative estimate of drug-likeness (QED) is 0.831. The standard InChI is InChI=1S/C14H16N2/c1-10-4-3-5-12(6-10)14(15)13-7-11(2)8-16-9-13/h3-9,14H,15H2,1-2H3. The molecule has 1 unspecified atom stereocenters. The van der Waals surface area contributed by atoms with Gasteiger partial charge in [-0.2, -0.15) is 0 Å². The third-order valence-electron chi connectivity index (χ3n) is 2.66. The predicted molar refractivity (Wildman–Crippen MR) is 66.2 cm³/mol. The molecule has 1 atom stereocenters. The van der Waals surface area contributed by atoms with Gasteiger partial charge in [0.15, 0.2) is 0 Å².